The van der Waals surface area contributed by atoms with E-state index in [1.54, 1.807) is 0 Å². The molecule has 2 N–H and O–H groups in total. The van der Waals surface area contributed by atoms with Crippen molar-refractivity contribution in [3.05, 3.63) is 0 Å². The Morgan fingerprint density at radius 3 is 2.31 bits per heavy atom. The van der Waals surface area contributed by atoms with Crippen LogP contribution >= 0.6 is 0 Å². The van der Waals surface area contributed by atoms with Gasteiger partial charge in [-0.3, -0.25) is 4.79 Å². The fourth-order valence-corrected chi connectivity index (χ4v) is 2.16. The monoisotopic (exact) mass is 226 g/mol. The Hall–Kier alpha value is -0.570. The molecule has 1 aliphatic rings. The van der Waals surface area contributed by atoms with Gasteiger partial charge in [-0.15, -0.1) is 0 Å². The van der Waals surface area contributed by atoms with Crippen molar-refractivity contribution < 1.29 is 4.79 Å². The number of carbonyl (C=O) groups is 1. The molecule has 0 bridgehead atoms. The summed E-state index contributed by atoms with van der Waals surface area (Å²) in [7, 11) is 0. The first kappa shape index (κ1) is 13.5. The number of likely N-dealkylation sites (tertiary alicyclic amines) is 1. The molecule has 0 saturated carbocycles. The van der Waals surface area contributed by atoms with E-state index < -0.39 is 5.54 Å². The Morgan fingerprint density at radius 2 is 1.94 bits per heavy atom. The minimum Gasteiger partial charge on any atom is -0.341 e. The molecule has 0 aromatic carbocycles. The molecule has 0 aromatic rings. The van der Waals surface area contributed by atoms with Gasteiger partial charge in [0.15, 0.2) is 0 Å². The lowest BCUT2D eigenvalue weighted by Crippen LogP contribution is -2.52. The normalized spacial score (nSPS) is 25.6. The average Bonchev–Trinajstić information content (AvgIpc) is 2.64. The third kappa shape index (κ3) is 2.76. The van der Waals surface area contributed by atoms with E-state index in [9.17, 15) is 4.79 Å². The Bertz CT molecular complexity index is 266. The average molecular weight is 226 g/mol. The van der Waals surface area contributed by atoms with Crippen molar-refractivity contribution in [1.29, 1.82) is 0 Å². The molecule has 0 aromatic heterocycles. The molecular formula is C13H26N2O. The molecule has 3 heteroatoms. The van der Waals surface area contributed by atoms with Crippen LogP contribution in [-0.4, -0.2) is 29.4 Å². The van der Waals surface area contributed by atoms with Crippen molar-refractivity contribution >= 4 is 5.91 Å². The van der Waals surface area contributed by atoms with Gasteiger partial charge in [0.05, 0.1) is 5.54 Å². The SMILES string of the molecule is CCC(C)(N)C(=O)N1CCC(C(C)(C)C)C1. The van der Waals surface area contributed by atoms with Gasteiger partial charge in [-0.25, -0.2) is 0 Å². The van der Waals surface area contributed by atoms with E-state index in [-0.39, 0.29) is 11.3 Å². The number of hydrogen-bond donors (Lipinski definition) is 1. The van der Waals surface area contributed by atoms with Gasteiger partial charge in [-0.2, -0.15) is 0 Å². The smallest absolute Gasteiger partial charge is 0.242 e. The lowest BCUT2D eigenvalue weighted by atomic mass is 9.80. The first-order valence-electron chi connectivity index (χ1n) is 6.26. The molecule has 1 saturated heterocycles. The van der Waals surface area contributed by atoms with Crippen LogP contribution < -0.4 is 5.73 Å². The highest BCUT2D eigenvalue weighted by atomic mass is 16.2. The number of rotatable bonds is 2. The van der Waals surface area contributed by atoms with Gasteiger partial charge in [-0.05, 0) is 31.1 Å². The second-order valence-electron chi connectivity index (χ2n) is 6.37. The van der Waals surface area contributed by atoms with Crippen LogP contribution in [0.4, 0.5) is 0 Å². The lowest BCUT2D eigenvalue weighted by molar-refractivity contribution is -0.135. The molecule has 94 valence electrons. The summed E-state index contributed by atoms with van der Waals surface area (Å²) in [5.74, 6) is 0.714. The van der Waals surface area contributed by atoms with E-state index in [0.717, 1.165) is 19.5 Å². The van der Waals surface area contributed by atoms with Gasteiger partial charge in [0.2, 0.25) is 5.91 Å². The molecule has 1 rings (SSSR count). The number of nitrogens with two attached hydrogens (primary N) is 1. The van der Waals surface area contributed by atoms with E-state index in [0.29, 0.717) is 12.3 Å². The topological polar surface area (TPSA) is 46.3 Å². The van der Waals surface area contributed by atoms with Crippen LogP contribution in [0.2, 0.25) is 0 Å². The van der Waals surface area contributed by atoms with Crippen LogP contribution in [-0.2, 0) is 4.79 Å². The first-order chi connectivity index (χ1) is 7.18. The zero-order valence-electron chi connectivity index (χ0n) is 11.3. The summed E-state index contributed by atoms with van der Waals surface area (Å²) in [5, 5.41) is 0. The van der Waals surface area contributed by atoms with Crippen molar-refractivity contribution in [2.24, 2.45) is 17.1 Å². The van der Waals surface area contributed by atoms with Crippen LogP contribution in [0.3, 0.4) is 0 Å². The largest absolute Gasteiger partial charge is 0.341 e. The van der Waals surface area contributed by atoms with E-state index >= 15 is 0 Å². The first-order valence-corrected chi connectivity index (χ1v) is 6.26. The maximum Gasteiger partial charge on any atom is 0.242 e. The van der Waals surface area contributed by atoms with Crippen LogP contribution in [0.5, 0.6) is 0 Å². The standard InChI is InChI=1S/C13H26N2O/c1-6-13(5,14)11(16)15-8-7-10(9-15)12(2,3)4/h10H,6-9,14H2,1-5H3. The summed E-state index contributed by atoms with van der Waals surface area (Å²) >= 11 is 0. The third-order valence-corrected chi connectivity index (χ3v) is 3.92. The zero-order chi connectivity index (χ0) is 12.6. The van der Waals surface area contributed by atoms with Gasteiger partial charge in [0, 0.05) is 13.1 Å². The molecule has 16 heavy (non-hydrogen) atoms. The predicted molar refractivity (Wildman–Crippen MR) is 67.0 cm³/mol. The Labute approximate surface area is 99.4 Å². The minimum absolute atomic E-state index is 0.113. The fraction of sp³-hybridized carbons (Fsp3) is 0.923. The molecule has 1 amide bonds. The quantitative estimate of drug-likeness (QED) is 0.783. The third-order valence-electron chi connectivity index (χ3n) is 3.92. The van der Waals surface area contributed by atoms with Crippen molar-refractivity contribution in [3.63, 3.8) is 0 Å². The van der Waals surface area contributed by atoms with Crippen molar-refractivity contribution in [2.45, 2.75) is 53.0 Å². The Kier molecular flexibility index (Phi) is 3.68. The van der Waals surface area contributed by atoms with Gasteiger partial charge < -0.3 is 10.6 Å². The number of amides is 1. The summed E-state index contributed by atoms with van der Waals surface area (Å²) < 4.78 is 0. The highest BCUT2D eigenvalue weighted by Gasteiger charge is 2.38. The summed E-state index contributed by atoms with van der Waals surface area (Å²) in [5.41, 5.74) is 5.60. The van der Waals surface area contributed by atoms with Crippen LogP contribution in [0.25, 0.3) is 0 Å². The molecule has 1 heterocycles. The van der Waals surface area contributed by atoms with Gasteiger partial charge >= 0.3 is 0 Å². The van der Waals surface area contributed by atoms with E-state index in [2.05, 4.69) is 20.8 Å². The summed E-state index contributed by atoms with van der Waals surface area (Å²) in [6.45, 7) is 12.3. The van der Waals surface area contributed by atoms with Crippen LogP contribution in [0, 0.1) is 11.3 Å². The Morgan fingerprint density at radius 1 is 1.38 bits per heavy atom. The van der Waals surface area contributed by atoms with Gasteiger partial charge in [-0.1, -0.05) is 27.7 Å². The van der Waals surface area contributed by atoms with Crippen molar-refractivity contribution in [2.75, 3.05) is 13.1 Å². The maximum absolute atomic E-state index is 12.2. The van der Waals surface area contributed by atoms with Crippen LogP contribution in [0.1, 0.15) is 47.5 Å². The van der Waals surface area contributed by atoms with E-state index in [1.807, 2.05) is 18.7 Å². The molecule has 2 unspecified atom stereocenters. The summed E-state index contributed by atoms with van der Waals surface area (Å²) in [6.07, 6.45) is 1.80. The number of hydrogen-bond acceptors (Lipinski definition) is 2. The minimum atomic E-state index is -0.688. The summed E-state index contributed by atoms with van der Waals surface area (Å²) in [6, 6.07) is 0. The molecule has 0 radical (unpaired) electrons. The molecule has 2 atom stereocenters. The second kappa shape index (κ2) is 4.36. The lowest BCUT2D eigenvalue weighted by Gasteiger charge is -2.30. The molecule has 3 nitrogen and oxygen atoms in total. The van der Waals surface area contributed by atoms with Gasteiger partial charge in [0.25, 0.3) is 0 Å². The van der Waals surface area contributed by atoms with E-state index in [1.165, 1.54) is 0 Å². The maximum atomic E-state index is 12.2. The highest BCUT2D eigenvalue weighted by molar-refractivity contribution is 5.85. The molecule has 0 aliphatic carbocycles. The van der Waals surface area contributed by atoms with E-state index in [4.69, 9.17) is 5.73 Å². The second-order valence-corrected chi connectivity index (χ2v) is 6.37. The summed E-state index contributed by atoms with van der Waals surface area (Å²) in [4.78, 5) is 14.1. The molecular weight excluding hydrogens is 200 g/mol. The molecule has 1 fully saturated rings. The Balaban J connectivity index is 2.64. The van der Waals surface area contributed by atoms with Crippen molar-refractivity contribution in [3.8, 4) is 0 Å². The fourth-order valence-electron chi connectivity index (χ4n) is 2.16. The predicted octanol–water partition coefficient (Wildman–Crippen LogP) is 2.01. The molecule has 0 spiro atoms. The number of nitrogens with zero attached hydrogens (tertiary/aromatic N) is 1. The zero-order valence-corrected chi connectivity index (χ0v) is 11.3. The number of carbonyl (C=O) groups excluding carboxylic acids is 1. The van der Waals surface area contributed by atoms with Gasteiger partial charge in [0.1, 0.15) is 0 Å². The van der Waals surface area contributed by atoms with Crippen LogP contribution in [0.15, 0.2) is 0 Å². The molecule has 1 aliphatic heterocycles. The van der Waals surface area contributed by atoms with Crippen molar-refractivity contribution in [1.82, 2.24) is 4.90 Å². The highest BCUT2D eigenvalue weighted by Crippen LogP contribution is 2.34.